The van der Waals surface area contributed by atoms with Crippen molar-refractivity contribution in [3.63, 3.8) is 0 Å². The van der Waals surface area contributed by atoms with Crippen molar-refractivity contribution in [1.29, 1.82) is 0 Å². The second-order valence-corrected chi connectivity index (χ2v) is 6.65. The van der Waals surface area contributed by atoms with Gasteiger partial charge in [0.15, 0.2) is 0 Å². The lowest BCUT2D eigenvalue weighted by atomic mass is 10.1. The quantitative estimate of drug-likeness (QED) is 0.646. The zero-order valence-corrected chi connectivity index (χ0v) is 15.0. The highest BCUT2D eigenvalue weighted by atomic mass is 19.4. The fourth-order valence-electron chi connectivity index (χ4n) is 2.27. The van der Waals surface area contributed by atoms with E-state index in [-0.39, 0.29) is 18.4 Å². The molecule has 2 aromatic carbocycles. The van der Waals surface area contributed by atoms with Crippen molar-refractivity contribution in [1.82, 2.24) is 5.32 Å². The Balaban J connectivity index is 1.98. The molecule has 0 aliphatic carbocycles. The SMILES string of the molecule is CC(C)[C@H](C)NCc1ccc(OCc2cccc(C(F)(F)F)c2)cc1F. The summed E-state index contributed by atoms with van der Waals surface area (Å²) in [7, 11) is 0. The number of ether oxygens (including phenoxy) is 1. The van der Waals surface area contributed by atoms with E-state index in [4.69, 9.17) is 4.74 Å². The molecule has 0 radical (unpaired) electrons. The molecule has 0 aliphatic heterocycles. The van der Waals surface area contributed by atoms with Crippen LogP contribution in [0.2, 0.25) is 0 Å². The Labute approximate surface area is 151 Å². The third-order valence-electron chi connectivity index (χ3n) is 4.30. The van der Waals surface area contributed by atoms with Gasteiger partial charge in [0.1, 0.15) is 18.2 Å². The van der Waals surface area contributed by atoms with Crippen LogP contribution >= 0.6 is 0 Å². The van der Waals surface area contributed by atoms with E-state index in [0.717, 1.165) is 12.1 Å². The topological polar surface area (TPSA) is 21.3 Å². The van der Waals surface area contributed by atoms with Crippen LogP contribution in [0.3, 0.4) is 0 Å². The number of hydrogen-bond donors (Lipinski definition) is 1. The molecule has 2 aromatic rings. The minimum Gasteiger partial charge on any atom is -0.489 e. The number of hydrogen-bond acceptors (Lipinski definition) is 2. The summed E-state index contributed by atoms with van der Waals surface area (Å²) in [4.78, 5) is 0. The molecule has 0 amide bonds. The highest BCUT2D eigenvalue weighted by Gasteiger charge is 2.30. The molecule has 0 unspecified atom stereocenters. The van der Waals surface area contributed by atoms with Crippen LogP contribution in [-0.2, 0) is 19.3 Å². The third kappa shape index (κ3) is 5.73. The lowest BCUT2D eigenvalue weighted by molar-refractivity contribution is -0.137. The van der Waals surface area contributed by atoms with Crippen molar-refractivity contribution in [3.8, 4) is 5.75 Å². The zero-order chi connectivity index (χ0) is 19.3. The summed E-state index contributed by atoms with van der Waals surface area (Å²) in [6.45, 7) is 6.54. The van der Waals surface area contributed by atoms with E-state index < -0.39 is 17.6 Å². The van der Waals surface area contributed by atoms with Gasteiger partial charge in [-0.25, -0.2) is 4.39 Å². The molecule has 26 heavy (non-hydrogen) atoms. The van der Waals surface area contributed by atoms with Crippen LogP contribution in [0.15, 0.2) is 42.5 Å². The maximum Gasteiger partial charge on any atom is 0.416 e. The number of benzene rings is 2. The minimum absolute atomic E-state index is 0.0641. The van der Waals surface area contributed by atoms with Gasteiger partial charge >= 0.3 is 6.18 Å². The molecule has 142 valence electrons. The van der Waals surface area contributed by atoms with Gasteiger partial charge in [-0.3, -0.25) is 0 Å². The molecular weight excluding hydrogens is 346 g/mol. The van der Waals surface area contributed by atoms with Crippen molar-refractivity contribution >= 4 is 0 Å². The first-order valence-electron chi connectivity index (χ1n) is 8.47. The summed E-state index contributed by atoms with van der Waals surface area (Å²) >= 11 is 0. The lowest BCUT2D eigenvalue weighted by Crippen LogP contribution is -2.30. The molecule has 1 atom stereocenters. The number of halogens is 4. The second kappa shape index (κ2) is 8.54. The third-order valence-corrected chi connectivity index (χ3v) is 4.30. The fraction of sp³-hybridized carbons (Fsp3) is 0.400. The van der Waals surface area contributed by atoms with Gasteiger partial charge < -0.3 is 10.1 Å². The van der Waals surface area contributed by atoms with Gasteiger partial charge in [0.05, 0.1) is 5.56 Å². The summed E-state index contributed by atoms with van der Waals surface area (Å²) in [6.07, 6.45) is -4.40. The molecule has 1 N–H and O–H groups in total. The second-order valence-electron chi connectivity index (χ2n) is 6.65. The number of nitrogens with one attached hydrogen (secondary N) is 1. The van der Waals surface area contributed by atoms with Gasteiger partial charge in [0, 0.05) is 24.2 Å². The summed E-state index contributed by atoms with van der Waals surface area (Å²) in [5.41, 5.74) is 0.158. The normalized spacial score (nSPS) is 13.1. The predicted octanol–water partition coefficient (Wildman–Crippen LogP) is 5.56. The Morgan fingerprint density at radius 3 is 2.38 bits per heavy atom. The largest absolute Gasteiger partial charge is 0.489 e. The highest BCUT2D eigenvalue weighted by molar-refractivity contribution is 5.30. The molecule has 0 aliphatic rings. The molecule has 0 spiro atoms. The van der Waals surface area contributed by atoms with E-state index >= 15 is 0 Å². The average molecular weight is 369 g/mol. The van der Waals surface area contributed by atoms with E-state index in [9.17, 15) is 17.6 Å². The smallest absolute Gasteiger partial charge is 0.416 e. The van der Waals surface area contributed by atoms with E-state index in [1.807, 2.05) is 6.92 Å². The Morgan fingerprint density at radius 1 is 1.04 bits per heavy atom. The minimum atomic E-state index is -4.40. The Bertz CT molecular complexity index is 728. The molecule has 6 heteroatoms. The summed E-state index contributed by atoms with van der Waals surface area (Å²) in [6, 6.07) is 9.65. The molecule has 0 aromatic heterocycles. The van der Waals surface area contributed by atoms with Crippen molar-refractivity contribution in [3.05, 3.63) is 65.0 Å². The van der Waals surface area contributed by atoms with Crippen LogP contribution in [0.25, 0.3) is 0 Å². The van der Waals surface area contributed by atoms with Gasteiger partial charge in [0.2, 0.25) is 0 Å². The average Bonchev–Trinajstić information content (AvgIpc) is 2.58. The van der Waals surface area contributed by atoms with Crippen molar-refractivity contribution in [2.45, 2.75) is 46.1 Å². The van der Waals surface area contributed by atoms with E-state index in [2.05, 4.69) is 19.2 Å². The van der Waals surface area contributed by atoms with Gasteiger partial charge in [-0.05, 0) is 36.6 Å². The zero-order valence-electron chi connectivity index (χ0n) is 15.0. The van der Waals surface area contributed by atoms with Crippen molar-refractivity contribution < 1.29 is 22.3 Å². The summed E-state index contributed by atoms with van der Waals surface area (Å²) < 4.78 is 57.7. The number of rotatable bonds is 7. The van der Waals surface area contributed by atoms with Gasteiger partial charge in [-0.1, -0.05) is 32.0 Å². The Hall–Kier alpha value is -2.08. The fourth-order valence-corrected chi connectivity index (χ4v) is 2.27. The maximum absolute atomic E-state index is 14.2. The highest BCUT2D eigenvalue weighted by Crippen LogP contribution is 2.29. The molecule has 0 saturated heterocycles. The standard InChI is InChI=1S/C20H23F4NO/c1-13(2)14(3)25-11-16-7-8-18(10-19(16)21)26-12-15-5-4-6-17(9-15)20(22,23)24/h4-10,13-14,25H,11-12H2,1-3H3/t14-/m0/s1. The first-order chi connectivity index (χ1) is 12.2. The van der Waals surface area contributed by atoms with Crippen LogP contribution in [0, 0.1) is 11.7 Å². The van der Waals surface area contributed by atoms with Crippen LogP contribution < -0.4 is 10.1 Å². The Kier molecular flexibility index (Phi) is 6.64. The summed E-state index contributed by atoms with van der Waals surface area (Å²) in [5, 5.41) is 3.25. The maximum atomic E-state index is 14.2. The van der Waals surface area contributed by atoms with Crippen molar-refractivity contribution in [2.24, 2.45) is 5.92 Å². The number of alkyl halides is 3. The van der Waals surface area contributed by atoms with Crippen LogP contribution in [0.1, 0.15) is 37.5 Å². The monoisotopic (exact) mass is 369 g/mol. The molecule has 2 nitrogen and oxygen atoms in total. The van der Waals surface area contributed by atoms with Crippen molar-refractivity contribution in [2.75, 3.05) is 0 Å². The molecule has 0 bridgehead atoms. The van der Waals surface area contributed by atoms with Gasteiger partial charge in [0.25, 0.3) is 0 Å². The molecule has 0 saturated carbocycles. The van der Waals surface area contributed by atoms with Crippen LogP contribution in [0.4, 0.5) is 17.6 Å². The molecular formula is C20H23F4NO. The lowest BCUT2D eigenvalue weighted by Gasteiger charge is -2.18. The molecule has 2 rings (SSSR count). The van der Waals surface area contributed by atoms with E-state index in [0.29, 0.717) is 23.6 Å². The first kappa shape index (κ1) is 20.2. The van der Waals surface area contributed by atoms with Gasteiger partial charge in [-0.15, -0.1) is 0 Å². The van der Waals surface area contributed by atoms with E-state index in [1.54, 1.807) is 12.1 Å². The van der Waals surface area contributed by atoms with Gasteiger partial charge in [-0.2, -0.15) is 13.2 Å². The molecule has 0 heterocycles. The molecule has 0 fully saturated rings. The first-order valence-corrected chi connectivity index (χ1v) is 8.47. The Morgan fingerprint density at radius 2 is 1.77 bits per heavy atom. The van der Waals surface area contributed by atoms with Crippen LogP contribution in [0.5, 0.6) is 5.75 Å². The predicted molar refractivity (Wildman–Crippen MR) is 93.3 cm³/mol. The van der Waals surface area contributed by atoms with Crippen LogP contribution in [-0.4, -0.2) is 6.04 Å². The van der Waals surface area contributed by atoms with E-state index in [1.165, 1.54) is 18.2 Å². The summed E-state index contributed by atoms with van der Waals surface area (Å²) in [5.74, 6) is 0.309.